The number of nitrogens with zero attached hydrogens (tertiary/aromatic N) is 1. The van der Waals surface area contributed by atoms with E-state index >= 15 is 0 Å². The van der Waals surface area contributed by atoms with Gasteiger partial charge in [0.15, 0.2) is 0 Å². The van der Waals surface area contributed by atoms with Crippen molar-refractivity contribution in [3.63, 3.8) is 0 Å². The number of rotatable bonds is 6. The van der Waals surface area contributed by atoms with E-state index in [1.165, 1.54) is 38.9 Å². The number of hydrogen-bond acceptors (Lipinski definition) is 2. The summed E-state index contributed by atoms with van der Waals surface area (Å²) in [7, 11) is 0. The van der Waals surface area contributed by atoms with Crippen LogP contribution >= 0.6 is 23.2 Å². The molecule has 1 atom stereocenters. The summed E-state index contributed by atoms with van der Waals surface area (Å²) >= 11 is 12.3. The molecule has 1 aromatic carbocycles. The Morgan fingerprint density at radius 1 is 1.29 bits per heavy atom. The molecule has 118 valence electrons. The number of hydrogen-bond donors (Lipinski definition) is 1. The molecule has 1 aromatic rings. The Labute approximate surface area is 138 Å². The Morgan fingerprint density at radius 3 is 2.71 bits per heavy atom. The van der Waals surface area contributed by atoms with Crippen LogP contribution in [0.4, 0.5) is 0 Å². The minimum atomic E-state index is 0.234. The van der Waals surface area contributed by atoms with Gasteiger partial charge in [0.2, 0.25) is 0 Å². The zero-order valence-electron chi connectivity index (χ0n) is 13.0. The fraction of sp³-hybridized carbons (Fsp3) is 0.647. The fourth-order valence-corrected chi connectivity index (χ4v) is 3.33. The second-order valence-corrected chi connectivity index (χ2v) is 7.06. The van der Waals surface area contributed by atoms with Crippen LogP contribution < -0.4 is 5.32 Å². The molecule has 21 heavy (non-hydrogen) atoms. The number of piperidine rings is 1. The van der Waals surface area contributed by atoms with E-state index in [-0.39, 0.29) is 6.04 Å². The molecule has 1 N–H and O–H groups in total. The molecule has 1 unspecified atom stereocenters. The van der Waals surface area contributed by atoms with Crippen LogP contribution in [0.1, 0.15) is 44.7 Å². The molecular weight excluding hydrogens is 303 g/mol. The summed E-state index contributed by atoms with van der Waals surface area (Å²) in [4.78, 5) is 2.58. The summed E-state index contributed by atoms with van der Waals surface area (Å²) in [5, 5.41) is 5.07. The average Bonchev–Trinajstić information content (AvgIpc) is 2.47. The van der Waals surface area contributed by atoms with E-state index in [1.807, 2.05) is 18.2 Å². The molecule has 0 spiro atoms. The largest absolute Gasteiger partial charge is 0.310 e. The van der Waals surface area contributed by atoms with Gasteiger partial charge in [0.25, 0.3) is 0 Å². The van der Waals surface area contributed by atoms with Gasteiger partial charge in [0.05, 0.1) is 0 Å². The molecule has 0 amide bonds. The van der Waals surface area contributed by atoms with Crippen molar-refractivity contribution in [3.05, 3.63) is 33.8 Å². The summed E-state index contributed by atoms with van der Waals surface area (Å²) < 4.78 is 0. The highest BCUT2D eigenvalue weighted by Crippen LogP contribution is 2.26. The summed E-state index contributed by atoms with van der Waals surface area (Å²) in [6.07, 6.45) is 3.88. The van der Waals surface area contributed by atoms with Crippen molar-refractivity contribution in [2.45, 2.75) is 39.2 Å². The van der Waals surface area contributed by atoms with Crippen molar-refractivity contribution >= 4 is 23.2 Å². The summed E-state index contributed by atoms with van der Waals surface area (Å²) in [5.74, 6) is 0.907. The molecule has 1 aliphatic rings. The van der Waals surface area contributed by atoms with Gasteiger partial charge < -0.3 is 10.2 Å². The van der Waals surface area contributed by atoms with Gasteiger partial charge in [-0.2, -0.15) is 0 Å². The van der Waals surface area contributed by atoms with Crippen LogP contribution in [0, 0.1) is 5.92 Å². The van der Waals surface area contributed by atoms with E-state index < -0.39 is 0 Å². The zero-order chi connectivity index (χ0) is 15.2. The molecule has 1 fully saturated rings. The van der Waals surface area contributed by atoms with Gasteiger partial charge in [-0.1, -0.05) is 30.1 Å². The predicted molar refractivity (Wildman–Crippen MR) is 92.3 cm³/mol. The lowest BCUT2D eigenvalue weighted by atomic mass is 9.99. The first-order valence-electron chi connectivity index (χ1n) is 7.97. The van der Waals surface area contributed by atoms with E-state index in [0.29, 0.717) is 0 Å². The van der Waals surface area contributed by atoms with Gasteiger partial charge in [-0.05, 0) is 82.0 Å². The highest BCUT2D eigenvalue weighted by atomic mass is 35.5. The van der Waals surface area contributed by atoms with Crippen LogP contribution in [0.3, 0.4) is 0 Å². The molecule has 1 aliphatic heterocycles. The van der Waals surface area contributed by atoms with Crippen LogP contribution in [0.5, 0.6) is 0 Å². The van der Waals surface area contributed by atoms with Gasteiger partial charge in [0, 0.05) is 16.1 Å². The Kier molecular flexibility index (Phi) is 6.81. The molecule has 4 heteroatoms. The molecule has 1 heterocycles. The van der Waals surface area contributed by atoms with E-state index in [1.54, 1.807) is 0 Å². The second-order valence-electron chi connectivity index (χ2n) is 6.22. The lowest BCUT2D eigenvalue weighted by Crippen LogP contribution is -2.35. The SMILES string of the molecule is CC1CCN(CCCNC(C)c2cc(Cl)ccc2Cl)CC1. The highest BCUT2D eigenvalue weighted by Gasteiger charge is 2.15. The zero-order valence-corrected chi connectivity index (χ0v) is 14.6. The van der Waals surface area contributed by atoms with Crippen molar-refractivity contribution in [2.75, 3.05) is 26.2 Å². The number of benzene rings is 1. The third kappa shape index (κ3) is 5.45. The van der Waals surface area contributed by atoms with E-state index in [9.17, 15) is 0 Å². The van der Waals surface area contributed by atoms with Gasteiger partial charge in [-0.3, -0.25) is 0 Å². The Hall–Kier alpha value is -0.280. The van der Waals surface area contributed by atoms with Crippen LogP contribution in [0.25, 0.3) is 0 Å². The second kappa shape index (κ2) is 8.38. The molecule has 0 saturated carbocycles. The fourth-order valence-electron chi connectivity index (χ4n) is 2.86. The summed E-state index contributed by atoms with van der Waals surface area (Å²) in [6, 6.07) is 5.88. The minimum Gasteiger partial charge on any atom is -0.310 e. The lowest BCUT2D eigenvalue weighted by Gasteiger charge is -2.30. The maximum atomic E-state index is 6.23. The highest BCUT2D eigenvalue weighted by molar-refractivity contribution is 6.33. The van der Waals surface area contributed by atoms with Crippen LogP contribution in [-0.2, 0) is 0 Å². The first kappa shape index (κ1) is 17.1. The van der Waals surface area contributed by atoms with E-state index in [4.69, 9.17) is 23.2 Å². The summed E-state index contributed by atoms with van der Waals surface area (Å²) in [6.45, 7) is 9.22. The third-order valence-electron chi connectivity index (χ3n) is 4.40. The van der Waals surface area contributed by atoms with Gasteiger partial charge in [-0.15, -0.1) is 0 Å². The van der Waals surface area contributed by atoms with Crippen molar-refractivity contribution in [2.24, 2.45) is 5.92 Å². The van der Waals surface area contributed by atoms with Crippen LogP contribution in [0.2, 0.25) is 10.0 Å². The van der Waals surface area contributed by atoms with Gasteiger partial charge >= 0.3 is 0 Å². The normalized spacial score (nSPS) is 18.9. The summed E-state index contributed by atoms with van der Waals surface area (Å²) in [5.41, 5.74) is 1.08. The lowest BCUT2D eigenvalue weighted by molar-refractivity contribution is 0.190. The topological polar surface area (TPSA) is 15.3 Å². The Balaban J connectivity index is 1.69. The Morgan fingerprint density at radius 2 is 2.00 bits per heavy atom. The minimum absolute atomic E-state index is 0.234. The van der Waals surface area contributed by atoms with Crippen molar-refractivity contribution in [1.82, 2.24) is 10.2 Å². The molecule has 0 radical (unpaired) electrons. The molecule has 0 bridgehead atoms. The molecule has 0 aromatic heterocycles. The number of likely N-dealkylation sites (tertiary alicyclic amines) is 1. The smallest absolute Gasteiger partial charge is 0.0454 e. The molecule has 2 nitrogen and oxygen atoms in total. The number of nitrogens with one attached hydrogen (secondary N) is 1. The molecular formula is C17H26Cl2N2. The van der Waals surface area contributed by atoms with E-state index in [0.717, 1.165) is 28.1 Å². The average molecular weight is 329 g/mol. The maximum Gasteiger partial charge on any atom is 0.0454 e. The monoisotopic (exact) mass is 328 g/mol. The maximum absolute atomic E-state index is 6.23. The van der Waals surface area contributed by atoms with Gasteiger partial charge in [-0.25, -0.2) is 0 Å². The van der Waals surface area contributed by atoms with Crippen molar-refractivity contribution in [1.29, 1.82) is 0 Å². The number of halogens is 2. The van der Waals surface area contributed by atoms with Gasteiger partial charge in [0.1, 0.15) is 0 Å². The van der Waals surface area contributed by atoms with E-state index in [2.05, 4.69) is 24.1 Å². The molecule has 0 aliphatic carbocycles. The first-order valence-corrected chi connectivity index (χ1v) is 8.72. The first-order chi connectivity index (χ1) is 10.1. The van der Waals surface area contributed by atoms with Crippen molar-refractivity contribution < 1.29 is 0 Å². The quantitative estimate of drug-likeness (QED) is 0.757. The predicted octanol–water partition coefficient (Wildman–Crippen LogP) is 4.77. The van der Waals surface area contributed by atoms with Crippen molar-refractivity contribution in [3.8, 4) is 0 Å². The molecule has 2 rings (SSSR count). The Bertz CT molecular complexity index is 442. The molecule has 1 saturated heterocycles. The third-order valence-corrected chi connectivity index (χ3v) is 4.98. The van der Waals surface area contributed by atoms with Crippen LogP contribution in [-0.4, -0.2) is 31.1 Å². The van der Waals surface area contributed by atoms with Crippen LogP contribution in [0.15, 0.2) is 18.2 Å². The standard InChI is InChI=1S/C17H26Cl2N2/c1-13-6-10-21(11-7-13)9-3-8-20-14(2)16-12-15(18)4-5-17(16)19/h4-5,12-14,20H,3,6-11H2,1-2H3.